The first kappa shape index (κ1) is 23.2. The van der Waals surface area contributed by atoms with Crippen LogP contribution in [0, 0.1) is 5.92 Å². The predicted molar refractivity (Wildman–Crippen MR) is 92.4 cm³/mol. The number of carbonyl (C=O) groups is 2. The van der Waals surface area contributed by atoms with Crippen molar-refractivity contribution < 1.29 is 22.8 Å². The summed E-state index contributed by atoms with van der Waals surface area (Å²) in [6.45, 7) is 5.09. The zero-order valence-electron chi connectivity index (χ0n) is 14.3. The third-order valence-corrected chi connectivity index (χ3v) is 3.54. The third-order valence-electron chi connectivity index (χ3n) is 3.54. The highest BCUT2D eigenvalue weighted by Crippen LogP contribution is 2.34. The molecular weight excluding hydrogens is 359 g/mol. The standard InChI is InChI=1S/C16H22F3N3O2.ClH/c1-4-22(15(24)14(20)10(2)3)9-13(23)21-12-8-6-5-7-11(12)16(17,18)19;/h5-8,10,14H,4,9,20H2,1-3H3,(H,21,23);1H. The van der Waals surface area contributed by atoms with Gasteiger partial charge in [-0.2, -0.15) is 13.2 Å². The molecule has 9 heteroatoms. The number of para-hydroxylation sites is 1. The number of nitrogens with zero attached hydrogens (tertiary/aromatic N) is 1. The van der Waals surface area contributed by atoms with Crippen molar-refractivity contribution in [2.75, 3.05) is 18.4 Å². The highest BCUT2D eigenvalue weighted by Gasteiger charge is 2.33. The van der Waals surface area contributed by atoms with Gasteiger partial charge in [0.05, 0.1) is 23.8 Å². The normalized spacial score (nSPS) is 12.3. The Bertz CT molecular complexity index is 594. The monoisotopic (exact) mass is 381 g/mol. The van der Waals surface area contributed by atoms with Crippen LogP contribution < -0.4 is 11.1 Å². The lowest BCUT2D eigenvalue weighted by Crippen LogP contribution is -2.48. The number of hydrogen-bond donors (Lipinski definition) is 2. The summed E-state index contributed by atoms with van der Waals surface area (Å²) in [5.41, 5.74) is 4.49. The molecule has 2 amide bonds. The number of rotatable bonds is 6. The minimum Gasteiger partial charge on any atom is -0.332 e. The zero-order chi connectivity index (χ0) is 18.5. The molecule has 1 unspecified atom stereocenters. The lowest BCUT2D eigenvalue weighted by atomic mass is 10.0. The molecule has 0 fully saturated rings. The Morgan fingerprint density at radius 3 is 2.28 bits per heavy atom. The van der Waals surface area contributed by atoms with Crippen molar-refractivity contribution in [2.45, 2.75) is 33.0 Å². The van der Waals surface area contributed by atoms with E-state index in [1.165, 1.54) is 23.1 Å². The average Bonchev–Trinajstić information content (AvgIpc) is 2.50. The second kappa shape index (κ2) is 9.62. The van der Waals surface area contributed by atoms with Crippen LogP contribution in [0.2, 0.25) is 0 Å². The third kappa shape index (κ3) is 6.55. The molecule has 25 heavy (non-hydrogen) atoms. The van der Waals surface area contributed by atoms with Gasteiger partial charge in [0.25, 0.3) is 0 Å². The summed E-state index contributed by atoms with van der Waals surface area (Å²) in [5, 5.41) is 2.21. The van der Waals surface area contributed by atoms with Gasteiger partial charge >= 0.3 is 6.18 Å². The molecule has 1 rings (SSSR count). The number of alkyl halides is 3. The van der Waals surface area contributed by atoms with Crippen molar-refractivity contribution in [3.05, 3.63) is 29.8 Å². The zero-order valence-corrected chi connectivity index (χ0v) is 15.1. The molecule has 0 heterocycles. The molecular formula is C16H23ClF3N3O2. The second-order valence-corrected chi connectivity index (χ2v) is 5.71. The summed E-state index contributed by atoms with van der Waals surface area (Å²) < 4.78 is 38.8. The highest BCUT2D eigenvalue weighted by molar-refractivity contribution is 5.95. The Morgan fingerprint density at radius 2 is 1.80 bits per heavy atom. The van der Waals surface area contributed by atoms with Gasteiger partial charge in [-0.15, -0.1) is 12.4 Å². The lowest BCUT2D eigenvalue weighted by molar-refractivity contribution is -0.138. The van der Waals surface area contributed by atoms with Crippen molar-refractivity contribution in [1.29, 1.82) is 0 Å². The van der Waals surface area contributed by atoms with E-state index in [0.717, 1.165) is 6.07 Å². The summed E-state index contributed by atoms with van der Waals surface area (Å²) in [7, 11) is 0. The number of amides is 2. The van der Waals surface area contributed by atoms with Gasteiger partial charge in [0.15, 0.2) is 0 Å². The van der Waals surface area contributed by atoms with Crippen molar-refractivity contribution in [2.24, 2.45) is 11.7 Å². The van der Waals surface area contributed by atoms with Gasteiger partial charge in [-0.1, -0.05) is 26.0 Å². The van der Waals surface area contributed by atoms with E-state index < -0.39 is 29.6 Å². The Morgan fingerprint density at radius 1 is 1.24 bits per heavy atom. The summed E-state index contributed by atoms with van der Waals surface area (Å²) >= 11 is 0. The molecule has 0 aliphatic rings. The van der Waals surface area contributed by atoms with E-state index in [-0.39, 0.29) is 37.1 Å². The van der Waals surface area contributed by atoms with E-state index in [1.54, 1.807) is 20.8 Å². The molecule has 0 bridgehead atoms. The van der Waals surface area contributed by atoms with Crippen molar-refractivity contribution in [1.82, 2.24) is 4.90 Å². The van der Waals surface area contributed by atoms with Crippen LogP contribution in [-0.2, 0) is 15.8 Å². The Labute approximate surface area is 151 Å². The molecule has 3 N–H and O–H groups in total. The molecule has 0 saturated heterocycles. The smallest absolute Gasteiger partial charge is 0.332 e. The van der Waals surface area contributed by atoms with Gasteiger partial charge in [0, 0.05) is 6.54 Å². The fraction of sp³-hybridized carbons (Fsp3) is 0.500. The first-order chi connectivity index (χ1) is 11.1. The Hall–Kier alpha value is -1.80. The van der Waals surface area contributed by atoms with Crippen molar-refractivity contribution >= 4 is 29.9 Å². The molecule has 0 spiro atoms. The predicted octanol–water partition coefficient (Wildman–Crippen LogP) is 2.90. The van der Waals surface area contributed by atoms with Gasteiger partial charge in [-0.25, -0.2) is 0 Å². The number of nitrogens with one attached hydrogen (secondary N) is 1. The number of anilines is 1. The maximum Gasteiger partial charge on any atom is 0.418 e. The van der Waals surface area contributed by atoms with E-state index in [4.69, 9.17) is 5.73 Å². The SMILES string of the molecule is CCN(CC(=O)Nc1ccccc1C(F)(F)F)C(=O)C(N)C(C)C.Cl. The minimum atomic E-state index is -4.58. The molecule has 0 aromatic heterocycles. The lowest BCUT2D eigenvalue weighted by Gasteiger charge is -2.25. The van der Waals surface area contributed by atoms with E-state index in [9.17, 15) is 22.8 Å². The van der Waals surface area contributed by atoms with E-state index in [2.05, 4.69) is 5.32 Å². The average molecular weight is 382 g/mol. The second-order valence-electron chi connectivity index (χ2n) is 5.71. The summed E-state index contributed by atoms with van der Waals surface area (Å²) in [6, 6.07) is 3.91. The van der Waals surface area contributed by atoms with Crippen LogP contribution in [0.4, 0.5) is 18.9 Å². The maximum absolute atomic E-state index is 12.9. The highest BCUT2D eigenvalue weighted by atomic mass is 35.5. The molecule has 5 nitrogen and oxygen atoms in total. The van der Waals surface area contributed by atoms with Crippen molar-refractivity contribution in [3.8, 4) is 0 Å². The summed E-state index contributed by atoms with van der Waals surface area (Å²) in [4.78, 5) is 25.4. The van der Waals surface area contributed by atoms with Crippen LogP contribution in [0.5, 0.6) is 0 Å². The first-order valence-electron chi connectivity index (χ1n) is 7.58. The van der Waals surface area contributed by atoms with Crippen LogP contribution >= 0.6 is 12.4 Å². The molecule has 1 aromatic carbocycles. The number of nitrogens with two attached hydrogens (primary N) is 1. The minimum absolute atomic E-state index is 0. The van der Waals surface area contributed by atoms with E-state index in [0.29, 0.717) is 0 Å². The van der Waals surface area contributed by atoms with Gasteiger partial charge in [0.1, 0.15) is 0 Å². The number of hydrogen-bond acceptors (Lipinski definition) is 3. The topological polar surface area (TPSA) is 75.4 Å². The van der Waals surface area contributed by atoms with Gasteiger partial charge in [-0.05, 0) is 25.0 Å². The van der Waals surface area contributed by atoms with Crippen LogP contribution in [0.25, 0.3) is 0 Å². The van der Waals surface area contributed by atoms with Gasteiger partial charge in [-0.3, -0.25) is 9.59 Å². The molecule has 0 aliphatic heterocycles. The molecule has 1 aromatic rings. The fourth-order valence-corrected chi connectivity index (χ4v) is 2.04. The number of likely N-dealkylation sites (N-methyl/N-ethyl adjacent to an activating group) is 1. The quantitative estimate of drug-likeness (QED) is 0.795. The van der Waals surface area contributed by atoms with Crippen molar-refractivity contribution in [3.63, 3.8) is 0 Å². The first-order valence-corrected chi connectivity index (χ1v) is 7.58. The van der Waals surface area contributed by atoms with Gasteiger partial charge < -0.3 is 16.0 Å². The number of benzene rings is 1. The number of carbonyl (C=O) groups excluding carboxylic acids is 2. The Balaban J connectivity index is 0.00000576. The largest absolute Gasteiger partial charge is 0.418 e. The summed E-state index contributed by atoms with van der Waals surface area (Å²) in [5.74, 6) is -1.23. The molecule has 0 aliphatic carbocycles. The van der Waals surface area contributed by atoms with E-state index in [1.807, 2.05) is 0 Å². The number of halogens is 4. The molecule has 0 radical (unpaired) electrons. The van der Waals surface area contributed by atoms with E-state index >= 15 is 0 Å². The van der Waals surface area contributed by atoms with Crippen LogP contribution in [0.1, 0.15) is 26.3 Å². The molecule has 1 atom stereocenters. The molecule has 142 valence electrons. The van der Waals surface area contributed by atoms with Crippen LogP contribution in [-0.4, -0.2) is 35.8 Å². The van der Waals surface area contributed by atoms with Crippen LogP contribution in [0.15, 0.2) is 24.3 Å². The summed E-state index contributed by atoms with van der Waals surface area (Å²) in [6.07, 6.45) is -4.58. The van der Waals surface area contributed by atoms with Crippen LogP contribution in [0.3, 0.4) is 0 Å². The maximum atomic E-state index is 12.9. The molecule has 0 saturated carbocycles. The Kier molecular flexibility index (Phi) is 8.93. The fourth-order valence-electron chi connectivity index (χ4n) is 2.04. The van der Waals surface area contributed by atoms with Gasteiger partial charge in [0.2, 0.25) is 11.8 Å².